The largest absolute Gasteiger partial charge is 0.479 e. The van der Waals surface area contributed by atoms with Gasteiger partial charge in [-0.2, -0.15) is 0 Å². The van der Waals surface area contributed by atoms with Gasteiger partial charge in [0.05, 0.1) is 20.6 Å². The Balaban J connectivity index is 1.91. The molecule has 5 N–H and O–H groups in total. The number of carboxylic acids is 1. The molecule has 0 saturated carbocycles. The van der Waals surface area contributed by atoms with Crippen LogP contribution in [-0.2, 0) is 9.53 Å². The van der Waals surface area contributed by atoms with Crippen LogP contribution < -0.4 is 4.74 Å². The number of fused-ring (bicyclic) bond motifs is 1. The quantitative estimate of drug-likeness (QED) is 0.481. The third-order valence-corrected chi connectivity index (χ3v) is 4.89. The summed E-state index contributed by atoms with van der Waals surface area (Å²) >= 11 is 18.1. The topological polar surface area (TPSA) is 132 Å². The molecule has 0 spiro atoms. The molecule has 0 bridgehead atoms. The van der Waals surface area contributed by atoms with Crippen LogP contribution in [0.4, 0.5) is 0 Å². The molecule has 0 aliphatic carbocycles. The minimum absolute atomic E-state index is 0.0397. The SMILES string of the molecule is O=C(O)[C@H]1OC(Oc2cc3c(Cl)cc(Cl)c(Cl)c3[nH]2)[C@H](O)[C@@H](O)[C@@H]1O. The van der Waals surface area contributed by atoms with E-state index >= 15 is 0 Å². The zero-order chi connectivity index (χ0) is 18.5. The fourth-order valence-corrected chi connectivity index (χ4v) is 3.22. The van der Waals surface area contributed by atoms with Gasteiger partial charge in [0.1, 0.15) is 18.3 Å². The summed E-state index contributed by atoms with van der Waals surface area (Å²) in [5, 5.41) is 39.6. The maximum Gasteiger partial charge on any atom is 0.335 e. The highest BCUT2D eigenvalue weighted by Crippen LogP contribution is 2.38. The maximum atomic E-state index is 11.1. The lowest BCUT2D eigenvalue weighted by atomic mass is 9.99. The molecule has 1 fully saturated rings. The number of ether oxygens (including phenoxy) is 2. The predicted octanol–water partition coefficient (Wildman–Crippen LogP) is 1.40. The van der Waals surface area contributed by atoms with Gasteiger partial charge in [0.25, 0.3) is 0 Å². The van der Waals surface area contributed by atoms with Gasteiger partial charge in [-0.05, 0) is 6.07 Å². The van der Waals surface area contributed by atoms with E-state index in [0.717, 1.165) is 0 Å². The van der Waals surface area contributed by atoms with Crippen molar-refractivity contribution in [2.24, 2.45) is 0 Å². The number of carboxylic acid groups (broad SMARTS) is 1. The van der Waals surface area contributed by atoms with Gasteiger partial charge in [0, 0.05) is 11.5 Å². The number of benzene rings is 1. The number of aliphatic hydroxyl groups is 3. The second-order valence-electron chi connectivity index (χ2n) is 5.43. The summed E-state index contributed by atoms with van der Waals surface area (Å²) in [5.74, 6) is -1.47. The van der Waals surface area contributed by atoms with E-state index in [-0.39, 0.29) is 15.9 Å². The van der Waals surface area contributed by atoms with E-state index in [1.807, 2.05) is 0 Å². The average Bonchev–Trinajstić information content (AvgIpc) is 2.97. The van der Waals surface area contributed by atoms with Gasteiger partial charge >= 0.3 is 5.97 Å². The Morgan fingerprint density at radius 2 is 1.76 bits per heavy atom. The Kier molecular flexibility index (Phi) is 5.04. The molecule has 25 heavy (non-hydrogen) atoms. The molecule has 1 aliphatic rings. The Labute approximate surface area is 155 Å². The zero-order valence-electron chi connectivity index (χ0n) is 12.2. The van der Waals surface area contributed by atoms with Gasteiger partial charge in [0.2, 0.25) is 6.29 Å². The zero-order valence-corrected chi connectivity index (χ0v) is 14.5. The van der Waals surface area contributed by atoms with E-state index < -0.39 is 36.7 Å². The highest BCUT2D eigenvalue weighted by Gasteiger charge is 2.48. The van der Waals surface area contributed by atoms with E-state index in [2.05, 4.69) is 4.98 Å². The molecular weight excluding hydrogens is 401 g/mol. The van der Waals surface area contributed by atoms with E-state index in [4.69, 9.17) is 49.4 Å². The van der Waals surface area contributed by atoms with Crippen molar-refractivity contribution in [2.45, 2.75) is 30.7 Å². The highest BCUT2D eigenvalue weighted by atomic mass is 35.5. The van der Waals surface area contributed by atoms with E-state index in [1.54, 1.807) is 0 Å². The van der Waals surface area contributed by atoms with Gasteiger partial charge in [-0.1, -0.05) is 34.8 Å². The average molecular weight is 413 g/mol. The number of rotatable bonds is 3. The van der Waals surface area contributed by atoms with Crippen LogP contribution in [0.15, 0.2) is 12.1 Å². The number of nitrogens with one attached hydrogen (secondary N) is 1. The van der Waals surface area contributed by atoms with Gasteiger partial charge in [-0.25, -0.2) is 4.79 Å². The minimum Gasteiger partial charge on any atom is -0.479 e. The van der Waals surface area contributed by atoms with Gasteiger partial charge in [-0.15, -0.1) is 0 Å². The lowest BCUT2D eigenvalue weighted by Crippen LogP contribution is -2.61. The van der Waals surface area contributed by atoms with Gasteiger partial charge in [-0.3, -0.25) is 0 Å². The second kappa shape index (κ2) is 6.81. The molecule has 3 rings (SSSR count). The van der Waals surface area contributed by atoms with Crippen molar-refractivity contribution in [2.75, 3.05) is 0 Å². The molecule has 2 heterocycles. The molecule has 136 valence electrons. The molecule has 1 unspecified atom stereocenters. The third kappa shape index (κ3) is 3.26. The number of aliphatic carboxylic acids is 1. The molecule has 1 aromatic heterocycles. The summed E-state index contributed by atoms with van der Waals surface area (Å²) in [4.78, 5) is 13.9. The number of aliphatic hydroxyl groups excluding tert-OH is 3. The van der Waals surface area contributed by atoms with Crippen LogP contribution in [0.1, 0.15) is 0 Å². The summed E-state index contributed by atoms with van der Waals surface area (Å²) in [5.41, 5.74) is 0.370. The standard InChI is InChI=1S/C14H12Cl3NO7/c15-4-2-5(16)7(17)8-3(4)1-6(18-8)24-14-11(21)9(19)10(20)12(25-14)13(22)23/h1-2,9-12,14,18-21H,(H,22,23)/t9-,10-,11+,12-,14?/m0/s1. The van der Waals surface area contributed by atoms with Crippen LogP contribution in [0.3, 0.4) is 0 Å². The molecule has 0 radical (unpaired) electrons. The fraction of sp³-hybridized carbons (Fsp3) is 0.357. The molecule has 11 heteroatoms. The maximum absolute atomic E-state index is 11.1. The molecule has 1 aromatic carbocycles. The Bertz CT molecular complexity index is 826. The monoisotopic (exact) mass is 411 g/mol. The first-order chi connectivity index (χ1) is 11.7. The number of halogens is 3. The van der Waals surface area contributed by atoms with E-state index in [0.29, 0.717) is 15.9 Å². The van der Waals surface area contributed by atoms with Crippen molar-refractivity contribution in [1.82, 2.24) is 4.98 Å². The van der Waals surface area contributed by atoms with Crippen LogP contribution in [0.5, 0.6) is 5.88 Å². The predicted molar refractivity (Wildman–Crippen MR) is 88.3 cm³/mol. The summed E-state index contributed by atoms with van der Waals surface area (Å²) in [6.07, 6.45) is -8.59. The summed E-state index contributed by atoms with van der Waals surface area (Å²) in [6.45, 7) is 0. The van der Waals surface area contributed by atoms with E-state index in [1.165, 1.54) is 12.1 Å². The van der Waals surface area contributed by atoms with Crippen molar-refractivity contribution in [3.8, 4) is 5.88 Å². The van der Waals surface area contributed by atoms with E-state index in [9.17, 15) is 20.1 Å². The summed E-state index contributed by atoms with van der Waals surface area (Å²) in [6, 6.07) is 2.89. The number of hydrogen-bond donors (Lipinski definition) is 5. The first-order valence-electron chi connectivity index (χ1n) is 6.96. The third-order valence-electron chi connectivity index (χ3n) is 3.79. The Hall–Kier alpha value is -1.26. The molecule has 8 nitrogen and oxygen atoms in total. The van der Waals surface area contributed by atoms with Crippen molar-refractivity contribution >= 4 is 51.7 Å². The van der Waals surface area contributed by atoms with Crippen molar-refractivity contribution < 1.29 is 34.7 Å². The smallest absolute Gasteiger partial charge is 0.335 e. The first kappa shape index (κ1) is 18.5. The normalized spacial score (nSPS) is 29.8. The van der Waals surface area contributed by atoms with Crippen molar-refractivity contribution in [3.63, 3.8) is 0 Å². The van der Waals surface area contributed by atoms with Crippen LogP contribution >= 0.6 is 34.8 Å². The van der Waals surface area contributed by atoms with Gasteiger partial charge in [0.15, 0.2) is 12.0 Å². The lowest BCUT2D eigenvalue weighted by molar-refractivity contribution is -0.271. The Morgan fingerprint density at radius 1 is 1.08 bits per heavy atom. The van der Waals surface area contributed by atoms with Gasteiger partial charge < -0.3 is 34.9 Å². The first-order valence-corrected chi connectivity index (χ1v) is 8.09. The molecule has 1 saturated heterocycles. The Morgan fingerprint density at radius 3 is 2.40 bits per heavy atom. The minimum atomic E-state index is -1.81. The fourth-order valence-electron chi connectivity index (χ4n) is 2.50. The number of H-pyrrole nitrogens is 1. The van der Waals surface area contributed by atoms with Crippen LogP contribution in [0.25, 0.3) is 10.9 Å². The van der Waals surface area contributed by atoms with Crippen LogP contribution in [0.2, 0.25) is 15.1 Å². The molecule has 5 atom stereocenters. The highest BCUT2D eigenvalue weighted by molar-refractivity contribution is 6.47. The number of aromatic nitrogens is 1. The lowest BCUT2D eigenvalue weighted by Gasteiger charge is -2.38. The number of aromatic amines is 1. The van der Waals surface area contributed by atoms with Crippen LogP contribution in [0, 0.1) is 0 Å². The van der Waals surface area contributed by atoms with Crippen LogP contribution in [-0.4, -0.2) is 62.1 Å². The molecule has 0 amide bonds. The molecule has 2 aromatic rings. The van der Waals surface area contributed by atoms with Crippen molar-refractivity contribution in [1.29, 1.82) is 0 Å². The summed E-state index contributed by atoms with van der Waals surface area (Å²) < 4.78 is 10.4. The molecular formula is C14H12Cl3NO7. The molecule has 1 aliphatic heterocycles. The number of carbonyl (C=O) groups is 1. The second-order valence-corrected chi connectivity index (χ2v) is 6.62. The summed E-state index contributed by atoms with van der Waals surface area (Å²) in [7, 11) is 0. The number of hydrogen-bond acceptors (Lipinski definition) is 6. The van der Waals surface area contributed by atoms with Crippen molar-refractivity contribution in [3.05, 3.63) is 27.2 Å².